The summed E-state index contributed by atoms with van der Waals surface area (Å²) in [6.45, 7) is 0.604. The normalized spacial score (nSPS) is 16.8. The summed E-state index contributed by atoms with van der Waals surface area (Å²) >= 11 is 4.48. The molecule has 0 aromatic carbocycles. The third-order valence-electron chi connectivity index (χ3n) is 2.11. The minimum Gasteiger partial charge on any atom is -0.273 e. The summed E-state index contributed by atoms with van der Waals surface area (Å²) in [6, 6.07) is 0. The molecule has 0 aromatic rings. The van der Waals surface area contributed by atoms with E-state index in [0.29, 0.717) is 12.3 Å². The van der Waals surface area contributed by atoms with Gasteiger partial charge in [0.25, 0.3) is 5.24 Å². The van der Waals surface area contributed by atoms with Gasteiger partial charge in [0, 0.05) is 11.9 Å². The fourth-order valence-electron chi connectivity index (χ4n) is 1.32. The molecular weight excluding hydrogens is 266 g/mol. The van der Waals surface area contributed by atoms with E-state index < -0.39 is 0 Å². The second-order valence-corrected chi connectivity index (χ2v) is 4.92. The Morgan fingerprint density at radius 2 is 1.93 bits per heavy atom. The van der Waals surface area contributed by atoms with Crippen molar-refractivity contribution in [2.45, 2.75) is 25.7 Å². The number of alkyl halides is 1. The number of thioether (sulfide) groups is 1. The van der Waals surface area contributed by atoms with Crippen molar-refractivity contribution >= 4 is 38.8 Å². The first kappa shape index (κ1) is 12.0. The summed E-state index contributed by atoms with van der Waals surface area (Å²) in [5.41, 5.74) is 0. The number of hydrogen-bond acceptors (Lipinski definition) is 3. The molecule has 1 aliphatic rings. The van der Waals surface area contributed by atoms with Crippen LogP contribution in [0.3, 0.4) is 0 Å². The monoisotopic (exact) mass is 279 g/mol. The van der Waals surface area contributed by atoms with Crippen LogP contribution in [-0.4, -0.2) is 33.7 Å². The van der Waals surface area contributed by atoms with Gasteiger partial charge in [-0.05, 0) is 12.8 Å². The van der Waals surface area contributed by atoms with E-state index in [4.69, 9.17) is 0 Å². The van der Waals surface area contributed by atoms with E-state index in [1.807, 2.05) is 0 Å². The SMILES string of the molecule is O=C1CSC(=O)N1CCCCCCBr. The Hall–Kier alpha value is -0.0300. The zero-order chi connectivity index (χ0) is 10.4. The maximum absolute atomic E-state index is 11.2. The Morgan fingerprint density at radius 3 is 2.50 bits per heavy atom. The fraction of sp³-hybridized carbons (Fsp3) is 0.778. The van der Waals surface area contributed by atoms with Gasteiger partial charge in [0.15, 0.2) is 0 Å². The van der Waals surface area contributed by atoms with Crippen molar-refractivity contribution in [1.82, 2.24) is 4.90 Å². The average Bonchev–Trinajstić information content (AvgIpc) is 2.48. The quantitative estimate of drug-likeness (QED) is 0.554. The van der Waals surface area contributed by atoms with Crippen LogP contribution in [0.25, 0.3) is 0 Å². The number of carbonyl (C=O) groups excluding carboxylic acids is 2. The summed E-state index contributed by atoms with van der Waals surface area (Å²) in [5, 5.41) is 0.959. The van der Waals surface area contributed by atoms with E-state index >= 15 is 0 Å². The van der Waals surface area contributed by atoms with Gasteiger partial charge < -0.3 is 0 Å². The molecule has 0 bridgehead atoms. The molecule has 0 saturated carbocycles. The predicted molar refractivity (Wildman–Crippen MR) is 61.8 cm³/mol. The zero-order valence-electron chi connectivity index (χ0n) is 8.00. The van der Waals surface area contributed by atoms with Gasteiger partial charge in [-0.15, -0.1) is 0 Å². The Kier molecular flexibility index (Phi) is 5.55. The molecule has 1 rings (SSSR count). The summed E-state index contributed by atoms with van der Waals surface area (Å²) in [4.78, 5) is 23.7. The highest BCUT2D eigenvalue weighted by Gasteiger charge is 2.28. The molecule has 3 nitrogen and oxygen atoms in total. The van der Waals surface area contributed by atoms with Crippen LogP contribution in [0.1, 0.15) is 25.7 Å². The second kappa shape index (κ2) is 6.45. The molecule has 1 aliphatic heterocycles. The van der Waals surface area contributed by atoms with Crippen molar-refractivity contribution in [2.75, 3.05) is 17.6 Å². The van der Waals surface area contributed by atoms with Crippen LogP contribution >= 0.6 is 27.7 Å². The number of carbonyl (C=O) groups is 2. The van der Waals surface area contributed by atoms with Crippen molar-refractivity contribution in [3.8, 4) is 0 Å². The van der Waals surface area contributed by atoms with Crippen LogP contribution in [0.15, 0.2) is 0 Å². The summed E-state index contributed by atoms with van der Waals surface area (Å²) < 4.78 is 0. The van der Waals surface area contributed by atoms with Gasteiger partial charge in [-0.1, -0.05) is 40.5 Å². The predicted octanol–water partition coefficient (Wildman–Crippen LogP) is 2.64. The van der Waals surface area contributed by atoms with Gasteiger partial charge in [-0.25, -0.2) is 0 Å². The standard InChI is InChI=1S/C9H14BrNO2S/c10-5-3-1-2-4-6-11-8(12)7-14-9(11)13/h1-7H2. The minimum atomic E-state index is -0.0736. The van der Waals surface area contributed by atoms with Gasteiger partial charge in [0.2, 0.25) is 5.91 Å². The van der Waals surface area contributed by atoms with E-state index in [1.165, 1.54) is 4.90 Å². The molecule has 0 spiro atoms. The molecule has 0 radical (unpaired) electrons. The van der Waals surface area contributed by atoms with E-state index in [9.17, 15) is 9.59 Å². The van der Waals surface area contributed by atoms with Crippen LogP contribution in [0.4, 0.5) is 4.79 Å². The highest BCUT2D eigenvalue weighted by molar-refractivity contribution is 9.09. The number of hydrogen-bond donors (Lipinski definition) is 0. The number of nitrogens with zero attached hydrogens (tertiary/aromatic N) is 1. The lowest BCUT2D eigenvalue weighted by Gasteiger charge is -2.11. The Morgan fingerprint density at radius 1 is 1.21 bits per heavy atom. The van der Waals surface area contributed by atoms with Gasteiger partial charge >= 0.3 is 0 Å². The minimum absolute atomic E-state index is 0.0273. The van der Waals surface area contributed by atoms with Crippen molar-refractivity contribution < 1.29 is 9.59 Å². The lowest BCUT2D eigenvalue weighted by Crippen LogP contribution is -2.29. The molecular formula is C9H14BrNO2S. The van der Waals surface area contributed by atoms with E-state index in [2.05, 4.69) is 15.9 Å². The van der Waals surface area contributed by atoms with Crippen LogP contribution in [0.5, 0.6) is 0 Å². The molecule has 0 aliphatic carbocycles. The summed E-state index contributed by atoms with van der Waals surface area (Å²) in [5.74, 6) is 0.306. The molecule has 80 valence electrons. The zero-order valence-corrected chi connectivity index (χ0v) is 10.4. The van der Waals surface area contributed by atoms with E-state index in [-0.39, 0.29) is 11.1 Å². The van der Waals surface area contributed by atoms with Crippen LogP contribution in [0, 0.1) is 0 Å². The van der Waals surface area contributed by atoms with Crippen molar-refractivity contribution in [1.29, 1.82) is 0 Å². The lowest BCUT2D eigenvalue weighted by atomic mass is 10.2. The first-order chi connectivity index (χ1) is 6.75. The highest BCUT2D eigenvalue weighted by Crippen LogP contribution is 2.19. The molecule has 1 fully saturated rings. The number of unbranched alkanes of at least 4 members (excludes halogenated alkanes) is 3. The molecule has 0 unspecified atom stereocenters. The topological polar surface area (TPSA) is 37.4 Å². The number of amides is 2. The average molecular weight is 280 g/mol. The van der Waals surface area contributed by atoms with Gasteiger partial charge in [0.05, 0.1) is 5.75 Å². The molecule has 0 N–H and O–H groups in total. The molecule has 2 amide bonds. The van der Waals surface area contributed by atoms with Crippen LogP contribution < -0.4 is 0 Å². The van der Waals surface area contributed by atoms with E-state index in [0.717, 1.165) is 42.8 Å². The molecule has 5 heteroatoms. The summed E-state index contributed by atoms with van der Waals surface area (Å²) in [7, 11) is 0. The molecule has 1 heterocycles. The number of halogens is 1. The van der Waals surface area contributed by atoms with Gasteiger partial charge in [0.1, 0.15) is 0 Å². The largest absolute Gasteiger partial charge is 0.288 e. The Balaban J connectivity index is 2.11. The maximum atomic E-state index is 11.2. The lowest BCUT2D eigenvalue weighted by molar-refractivity contribution is -0.124. The maximum Gasteiger partial charge on any atom is 0.288 e. The molecule has 0 atom stereocenters. The van der Waals surface area contributed by atoms with Crippen LogP contribution in [-0.2, 0) is 4.79 Å². The Bertz CT molecular complexity index is 207. The van der Waals surface area contributed by atoms with E-state index in [1.54, 1.807) is 0 Å². The van der Waals surface area contributed by atoms with Gasteiger partial charge in [-0.3, -0.25) is 14.5 Å². The highest BCUT2D eigenvalue weighted by atomic mass is 79.9. The number of imide groups is 1. The third-order valence-corrected chi connectivity index (χ3v) is 3.53. The summed E-state index contributed by atoms with van der Waals surface area (Å²) in [6.07, 6.45) is 4.35. The molecule has 14 heavy (non-hydrogen) atoms. The van der Waals surface area contributed by atoms with Crippen molar-refractivity contribution in [2.24, 2.45) is 0 Å². The van der Waals surface area contributed by atoms with Crippen molar-refractivity contribution in [3.05, 3.63) is 0 Å². The van der Waals surface area contributed by atoms with Gasteiger partial charge in [-0.2, -0.15) is 0 Å². The first-order valence-electron chi connectivity index (χ1n) is 4.79. The first-order valence-corrected chi connectivity index (χ1v) is 6.89. The second-order valence-electron chi connectivity index (χ2n) is 3.20. The smallest absolute Gasteiger partial charge is 0.273 e. The third kappa shape index (κ3) is 3.61. The Labute approximate surface area is 96.7 Å². The fourth-order valence-corrected chi connectivity index (χ4v) is 2.46. The van der Waals surface area contributed by atoms with Crippen molar-refractivity contribution in [3.63, 3.8) is 0 Å². The molecule has 0 aromatic heterocycles. The number of rotatable bonds is 6. The molecule has 1 saturated heterocycles. The van der Waals surface area contributed by atoms with Crippen LogP contribution in [0.2, 0.25) is 0 Å².